The topological polar surface area (TPSA) is 100 Å². The van der Waals surface area contributed by atoms with Crippen molar-refractivity contribution < 1.29 is 33.0 Å². The lowest BCUT2D eigenvalue weighted by Gasteiger charge is -2.40. The zero-order valence-corrected chi connectivity index (χ0v) is 32.4. The maximum Gasteiger partial charge on any atom is 0.407 e. The lowest BCUT2D eigenvalue weighted by atomic mass is 9.78. The zero-order valence-electron chi connectivity index (χ0n) is 31.4. The fourth-order valence-corrected chi connectivity index (χ4v) is 7.71. The first kappa shape index (κ1) is 40.0. The molecule has 1 aliphatic rings. The van der Waals surface area contributed by atoms with Gasteiger partial charge >= 0.3 is 18.0 Å². The fourth-order valence-electron chi connectivity index (χ4n) is 6.29. The molecular formula is C40H59NO7Si. The maximum atomic E-state index is 13.5. The number of benzene rings is 2. The highest BCUT2D eigenvalue weighted by molar-refractivity contribution is 6.74. The number of hydrogen-bond acceptors (Lipinski definition) is 7. The van der Waals surface area contributed by atoms with Crippen LogP contribution in [0.5, 0.6) is 0 Å². The van der Waals surface area contributed by atoms with Gasteiger partial charge in [-0.2, -0.15) is 0 Å². The van der Waals surface area contributed by atoms with E-state index >= 15 is 0 Å². The number of hydrogen-bond donors (Lipinski definition) is 1. The quantitative estimate of drug-likeness (QED) is 0.0763. The van der Waals surface area contributed by atoms with Gasteiger partial charge in [-0.15, -0.1) is 0 Å². The van der Waals surface area contributed by atoms with Crippen LogP contribution >= 0.6 is 0 Å². The summed E-state index contributed by atoms with van der Waals surface area (Å²) in [4.78, 5) is 39.7. The summed E-state index contributed by atoms with van der Waals surface area (Å²) in [5.41, 5.74) is 3.30. The molecule has 0 radical (unpaired) electrons. The van der Waals surface area contributed by atoms with Crippen LogP contribution in [-0.2, 0) is 28.2 Å². The highest BCUT2D eigenvalue weighted by Gasteiger charge is 2.45. The Morgan fingerprint density at radius 3 is 2.00 bits per heavy atom. The first-order valence-electron chi connectivity index (χ1n) is 17.7. The van der Waals surface area contributed by atoms with Crippen LogP contribution in [0.15, 0.2) is 61.2 Å². The number of carbonyl (C=O) groups is 3. The summed E-state index contributed by atoms with van der Waals surface area (Å²) < 4.78 is 24.0. The minimum atomic E-state index is -2.00. The first-order valence-corrected chi connectivity index (χ1v) is 20.6. The number of alkyl carbamates (subject to hydrolysis) is 1. The van der Waals surface area contributed by atoms with Gasteiger partial charge in [-0.05, 0) is 86.3 Å². The number of carbonyl (C=O) groups excluding carboxylic acids is 3. The average molecular weight is 694 g/mol. The Labute approximate surface area is 295 Å². The summed E-state index contributed by atoms with van der Waals surface area (Å²) in [5.74, 6) is -1.46. The third-order valence-corrected chi connectivity index (χ3v) is 14.7. The molecule has 0 heterocycles. The van der Waals surface area contributed by atoms with Gasteiger partial charge in [0.15, 0.2) is 8.32 Å². The normalized spacial score (nSPS) is 15.6. The van der Waals surface area contributed by atoms with E-state index in [9.17, 15) is 14.4 Å². The van der Waals surface area contributed by atoms with Crippen molar-refractivity contribution >= 4 is 26.3 Å². The summed E-state index contributed by atoms with van der Waals surface area (Å²) in [6.07, 6.45) is 3.39. The second-order valence-corrected chi connectivity index (χ2v) is 20.3. The summed E-state index contributed by atoms with van der Waals surface area (Å²) in [6, 6.07) is 15.2. The number of rotatable bonds is 17. The molecule has 9 heteroatoms. The van der Waals surface area contributed by atoms with Crippen molar-refractivity contribution in [2.24, 2.45) is 11.3 Å². The second-order valence-electron chi connectivity index (χ2n) is 15.5. The van der Waals surface area contributed by atoms with Gasteiger partial charge in [-0.25, -0.2) is 9.59 Å². The Morgan fingerprint density at radius 2 is 1.47 bits per heavy atom. The van der Waals surface area contributed by atoms with Gasteiger partial charge in [0, 0.05) is 12.0 Å². The van der Waals surface area contributed by atoms with Crippen molar-refractivity contribution in [2.75, 3.05) is 13.2 Å². The first-order chi connectivity index (χ1) is 22.9. The third-order valence-electron chi connectivity index (χ3n) is 10.2. The predicted molar refractivity (Wildman–Crippen MR) is 198 cm³/mol. The Morgan fingerprint density at radius 1 is 0.898 bits per heavy atom. The van der Waals surface area contributed by atoms with Gasteiger partial charge < -0.3 is 24.0 Å². The molecule has 0 unspecified atom stereocenters. The maximum absolute atomic E-state index is 13.5. The van der Waals surface area contributed by atoms with Crippen LogP contribution in [-0.4, -0.2) is 57.8 Å². The van der Waals surface area contributed by atoms with Crippen molar-refractivity contribution in [1.82, 2.24) is 5.32 Å². The Kier molecular flexibility index (Phi) is 13.9. The van der Waals surface area contributed by atoms with Gasteiger partial charge in [0.05, 0.1) is 5.41 Å². The van der Waals surface area contributed by atoms with Gasteiger partial charge in [-0.1, -0.05) is 102 Å². The number of amides is 1. The standard InChI is InChI=1S/C40H59NO7Si/c1-12-18-29(48-49(10,11)39(5,6)7)24-23-27(3)35(40(8,9)37(43)45-25-13-2)47-36(42)28(4)41-38(44)46-26-34-32-21-16-14-19-30(32)31-20-15-17-22-33(31)34/h13-17,19-22,27-29,34-35H,2,12,18,23-26H2,1,3-11H3,(H,41,44)/t27-,28+,29+,35+/m1/s1. The molecule has 0 aliphatic heterocycles. The predicted octanol–water partition coefficient (Wildman–Crippen LogP) is 9.19. The second kappa shape index (κ2) is 17.0. The number of ether oxygens (including phenoxy) is 3. The van der Waals surface area contributed by atoms with E-state index in [1.54, 1.807) is 20.8 Å². The molecule has 1 N–H and O–H groups in total. The number of fused-ring (bicyclic) bond motifs is 3. The third kappa shape index (κ3) is 10.1. The Hall–Kier alpha value is -3.43. The SMILES string of the molecule is C=CCOC(=O)C(C)(C)[C@@H](OC(=O)[C@H](C)NC(=O)OCC1c2ccccc2-c2ccccc21)[C@H](C)CC[C@H](CCC)O[Si](C)(C)C(C)(C)C. The van der Waals surface area contributed by atoms with Crippen LogP contribution in [0.25, 0.3) is 11.1 Å². The van der Waals surface area contributed by atoms with Gasteiger partial charge in [-0.3, -0.25) is 4.79 Å². The summed E-state index contributed by atoms with van der Waals surface area (Å²) in [7, 11) is -2.00. The van der Waals surface area contributed by atoms with E-state index < -0.39 is 43.9 Å². The van der Waals surface area contributed by atoms with Crippen LogP contribution in [0.2, 0.25) is 18.1 Å². The monoisotopic (exact) mass is 693 g/mol. The van der Waals surface area contributed by atoms with E-state index in [1.165, 1.54) is 6.08 Å². The molecule has 0 bridgehead atoms. The molecule has 1 aliphatic carbocycles. The molecule has 49 heavy (non-hydrogen) atoms. The molecule has 0 fully saturated rings. The van der Waals surface area contributed by atoms with E-state index in [0.29, 0.717) is 6.42 Å². The Balaban J connectivity index is 1.69. The number of esters is 2. The van der Waals surface area contributed by atoms with Crippen molar-refractivity contribution in [1.29, 1.82) is 0 Å². The molecule has 0 spiro atoms. The summed E-state index contributed by atoms with van der Waals surface area (Å²) in [6.45, 7) is 24.2. The molecule has 3 rings (SSSR count). The van der Waals surface area contributed by atoms with Crippen molar-refractivity contribution in [3.8, 4) is 11.1 Å². The van der Waals surface area contributed by atoms with E-state index in [1.807, 2.05) is 43.3 Å². The smallest absolute Gasteiger partial charge is 0.407 e. The molecule has 2 aromatic rings. The van der Waals surface area contributed by atoms with Crippen molar-refractivity contribution in [3.05, 3.63) is 72.3 Å². The van der Waals surface area contributed by atoms with Crippen LogP contribution in [0.1, 0.15) is 98.1 Å². The minimum absolute atomic E-state index is 0.0516. The fraction of sp³-hybridized carbons (Fsp3) is 0.575. The molecule has 0 saturated heterocycles. The molecule has 0 saturated carbocycles. The molecular weight excluding hydrogens is 635 g/mol. The lowest BCUT2D eigenvalue weighted by Crippen LogP contribution is -2.49. The van der Waals surface area contributed by atoms with Gasteiger partial charge in [0.2, 0.25) is 0 Å². The van der Waals surface area contributed by atoms with Crippen molar-refractivity contribution in [2.45, 2.75) is 123 Å². The molecule has 1 amide bonds. The van der Waals surface area contributed by atoms with Gasteiger partial charge in [0.1, 0.15) is 25.4 Å². The van der Waals surface area contributed by atoms with Gasteiger partial charge in [0.25, 0.3) is 0 Å². The van der Waals surface area contributed by atoms with E-state index in [4.69, 9.17) is 18.6 Å². The van der Waals surface area contributed by atoms with E-state index in [2.05, 4.69) is 64.8 Å². The largest absolute Gasteiger partial charge is 0.461 e. The Bertz CT molecular complexity index is 1400. The average Bonchev–Trinajstić information content (AvgIpc) is 3.36. The molecule has 270 valence electrons. The highest BCUT2D eigenvalue weighted by Crippen LogP contribution is 2.44. The molecule has 8 nitrogen and oxygen atoms in total. The molecule has 2 aromatic carbocycles. The number of nitrogens with one attached hydrogen (secondary N) is 1. The van der Waals surface area contributed by atoms with Crippen molar-refractivity contribution in [3.63, 3.8) is 0 Å². The summed E-state index contributed by atoms with van der Waals surface area (Å²) in [5, 5.41) is 2.72. The van der Waals surface area contributed by atoms with Crippen LogP contribution in [0.3, 0.4) is 0 Å². The highest BCUT2D eigenvalue weighted by atomic mass is 28.4. The van der Waals surface area contributed by atoms with E-state index in [0.717, 1.165) is 41.5 Å². The lowest BCUT2D eigenvalue weighted by molar-refractivity contribution is -0.175. The minimum Gasteiger partial charge on any atom is -0.461 e. The molecule has 4 atom stereocenters. The molecule has 0 aromatic heterocycles. The zero-order chi connectivity index (χ0) is 36.6. The van der Waals surface area contributed by atoms with E-state index in [-0.39, 0.29) is 36.2 Å². The van der Waals surface area contributed by atoms with Crippen LogP contribution in [0, 0.1) is 11.3 Å². The van der Waals surface area contributed by atoms with Crippen LogP contribution < -0.4 is 5.32 Å². The van der Waals surface area contributed by atoms with Crippen LogP contribution in [0.4, 0.5) is 4.79 Å². The summed E-state index contributed by atoms with van der Waals surface area (Å²) >= 11 is 0.